The molecule has 45 atom stereocenters. The first kappa shape index (κ1) is 94.1. The average molecular weight is 1670 g/mol. The molecule has 0 aromatic rings. The van der Waals surface area contributed by atoms with E-state index < -0.39 is 365 Å². The second-order valence-electron chi connectivity index (χ2n) is 29.5. The van der Waals surface area contributed by atoms with Crippen LogP contribution in [0.25, 0.3) is 0 Å². The normalized spacial score (nSPS) is 48.3. The van der Waals surface area contributed by atoms with E-state index in [0.29, 0.717) is 0 Å². The fourth-order valence-electron chi connectivity index (χ4n) is 15.1. The molecule has 660 valence electrons. The lowest BCUT2D eigenvalue weighted by Crippen LogP contribution is -2.71. The third kappa shape index (κ3) is 20.7. The summed E-state index contributed by atoms with van der Waals surface area (Å²) in [7, 11) is 0. The highest BCUT2D eigenvalue weighted by atomic mass is 16.8. The number of rotatable bonds is 30. The minimum absolute atomic E-state index is 0.405. The maximum absolute atomic E-state index is 13.1. The van der Waals surface area contributed by atoms with Crippen LogP contribution in [0.3, 0.4) is 0 Å². The van der Waals surface area contributed by atoms with E-state index >= 15 is 0 Å². The average Bonchev–Trinajstić information content (AvgIpc) is 0.767. The summed E-state index contributed by atoms with van der Waals surface area (Å²) in [5.41, 5.74) is 0. The van der Waals surface area contributed by atoms with E-state index in [9.17, 15) is 142 Å². The van der Waals surface area contributed by atoms with Gasteiger partial charge in [0.1, 0.15) is 213 Å². The second kappa shape index (κ2) is 41.2. The molecule has 0 saturated carbocycles. The van der Waals surface area contributed by atoms with Gasteiger partial charge in [0.25, 0.3) is 0 Å². The van der Waals surface area contributed by atoms with Gasteiger partial charge in [0.2, 0.25) is 23.6 Å². The smallest absolute Gasteiger partial charge is 0.217 e. The van der Waals surface area contributed by atoms with Crippen LogP contribution in [0.1, 0.15) is 41.5 Å². The molecule has 9 heterocycles. The van der Waals surface area contributed by atoms with Crippen LogP contribution >= 0.6 is 0 Å². The molecule has 114 heavy (non-hydrogen) atoms. The Morgan fingerprint density at radius 1 is 0.254 bits per heavy atom. The number of carbonyl (C=O) groups excluding carboxylic acids is 4. The van der Waals surface area contributed by atoms with Crippen LogP contribution in [-0.2, 0) is 99.7 Å². The van der Waals surface area contributed by atoms with Crippen molar-refractivity contribution in [2.75, 3.05) is 59.5 Å². The number of nitrogens with one attached hydrogen (secondary N) is 4. The number of aliphatic hydroxyl groups excluding tert-OH is 24. The molecule has 49 nitrogen and oxygen atoms in total. The lowest BCUT2D eigenvalue weighted by molar-refractivity contribution is -0.398. The van der Waals surface area contributed by atoms with Gasteiger partial charge in [-0.05, 0) is 5.92 Å². The fraction of sp³-hybridized carbons (Fsp3) is 0.938. The summed E-state index contributed by atoms with van der Waals surface area (Å²) >= 11 is 0. The van der Waals surface area contributed by atoms with Crippen LogP contribution in [0.15, 0.2) is 0 Å². The summed E-state index contributed by atoms with van der Waals surface area (Å²) in [5.74, 6) is -3.80. The number of hydrogen-bond acceptors (Lipinski definition) is 45. The predicted molar refractivity (Wildman–Crippen MR) is 356 cm³/mol. The van der Waals surface area contributed by atoms with Crippen molar-refractivity contribution in [1.82, 2.24) is 21.3 Å². The maximum atomic E-state index is 13.1. The highest BCUT2D eigenvalue weighted by Crippen LogP contribution is 2.40. The Kier molecular flexibility index (Phi) is 34.0. The van der Waals surface area contributed by atoms with Crippen molar-refractivity contribution in [2.45, 2.75) is 317 Å². The van der Waals surface area contributed by atoms with Crippen LogP contribution in [-0.4, -0.2) is 482 Å². The lowest BCUT2D eigenvalue weighted by atomic mass is 9.87. The molecule has 0 aromatic carbocycles. The Balaban J connectivity index is 1.06. The number of ether oxygens (including phenoxy) is 17. The van der Waals surface area contributed by atoms with E-state index in [0.717, 1.165) is 27.7 Å². The van der Waals surface area contributed by atoms with Gasteiger partial charge in [-0.2, -0.15) is 0 Å². The first-order chi connectivity index (χ1) is 53.9. The molecule has 0 spiro atoms. The van der Waals surface area contributed by atoms with E-state index in [-0.39, 0.29) is 0 Å². The zero-order valence-electron chi connectivity index (χ0n) is 62.2. The van der Waals surface area contributed by atoms with Gasteiger partial charge in [-0.15, -0.1) is 0 Å². The number of amides is 4. The third-order valence-electron chi connectivity index (χ3n) is 21.1. The van der Waals surface area contributed by atoms with Gasteiger partial charge in [-0.1, -0.05) is 13.8 Å². The van der Waals surface area contributed by atoms with Crippen molar-refractivity contribution in [1.29, 1.82) is 0 Å². The van der Waals surface area contributed by atoms with Crippen LogP contribution < -0.4 is 21.3 Å². The van der Waals surface area contributed by atoms with E-state index in [4.69, 9.17) is 80.5 Å². The van der Waals surface area contributed by atoms with Gasteiger partial charge >= 0.3 is 0 Å². The standard InChI is InChI=1S/C65H110N4O45/c1-16(2)50-30(66-17(3)78)39(87)51(25(11-74)99-50)108-58-31(67-18(4)79)40(88)54(28(14-77)104-58)111-63-49(97)55(112-65-57(46(94)37(85)24(10-73)103-65)114-60-33(69-20(6)81)42(90)53(27(13-76)106-60)110-62-48(96)44(92)35(83)22(8-71)101-62)38(86)29(107-63)15-98-64-56(45(93)36(84)23(9-72)102-64)113-59-32(68-19(5)80)41(89)52(26(12-75)105-59)109-61-47(95)43(91)34(82)21(7-70)100-61/h16,21-65,70-77,82-97H,7-15H2,1-6H3,(H,66,78)(H,67,79)(H,68,80)(H,69,81)/t21?,22?,23?,24?,25?,26-,27?,28?,29?,30?,31?,32?,33?,34-,35?,36+,37+,38+,39+,40+,41?,42+,43-,44-,45-,46?,47?,48?,49?,50-,51+,52+,53+,54+,55-,56?,57?,58-,59-,60-,61-,62-,63-,64-,65+/m0/s1. The highest BCUT2D eigenvalue weighted by Gasteiger charge is 2.61. The van der Waals surface area contributed by atoms with Crippen LogP contribution in [0.4, 0.5) is 0 Å². The summed E-state index contributed by atoms with van der Waals surface area (Å²) in [6.07, 6.45) is -83.0. The van der Waals surface area contributed by atoms with Crippen molar-refractivity contribution in [3.63, 3.8) is 0 Å². The molecule has 0 aliphatic carbocycles. The van der Waals surface area contributed by atoms with Gasteiger partial charge in [-0.3, -0.25) is 19.2 Å². The molecule has 0 radical (unpaired) electrons. The van der Waals surface area contributed by atoms with Crippen molar-refractivity contribution in [2.24, 2.45) is 5.92 Å². The van der Waals surface area contributed by atoms with Crippen molar-refractivity contribution >= 4 is 23.6 Å². The first-order valence-electron chi connectivity index (χ1n) is 36.9. The molecule has 49 heteroatoms. The van der Waals surface area contributed by atoms with Gasteiger partial charge in [0, 0.05) is 27.7 Å². The highest BCUT2D eigenvalue weighted by molar-refractivity contribution is 5.74. The van der Waals surface area contributed by atoms with E-state index in [1.165, 1.54) is 0 Å². The molecule has 9 aliphatic heterocycles. The van der Waals surface area contributed by atoms with Gasteiger partial charge in [0.05, 0.1) is 71.6 Å². The van der Waals surface area contributed by atoms with Gasteiger partial charge in [-0.25, -0.2) is 0 Å². The maximum Gasteiger partial charge on any atom is 0.217 e. The summed E-state index contributed by atoms with van der Waals surface area (Å²) in [5, 5.41) is 278. The van der Waals surface area contributed by atoms with Crippen molar-refractivity contribution in [3.05, 3.63) is 0 Å². The zero-order valence-corrected chi connectivity index (χ0v) is 62.2. The van der Waals surface area contributed by atoms with Gasteiger partial charge in [0.15, 0.2) is 50.3 Å². The molecule has 0 bridgehead atoms. The molecular weight excluding hydrogens is 1560 g/mol. The Morgan fingerprint density at radius 2 is 0.509 bits per heavy atom. The molecule has 9 rings (SSSR count). The summed E-state index contributed by atoms with van der Waals surface area (Å²) in [6.45, 7) is -2.17. The molecule has 28 N–H and O–H groups in total. The Morgan fingerprint density at radius 3 is 0.851 bits per heavy atom. The van der Waals surface area contributed by atoms with Crippen molar-refractivity contribution in [3.8, 4) is 0 Å². The minimum atomic E-state index is -2.55. The molecule has 9 fully saturated rings. The lowest BCUT2D eigenvalue weighted by Gasteiger charge is -2.51. The molecule has 9 saturated heterocycles. The summed E-state index contributed by atoms with van der Waals surface area (Å²) < 4.78 is 102. The molecule has 4 amide bonds. The fourth-order valence-corrected chi connectivity index (χ4v) is 15.1. The minimum Gasteiger partial charge on any atom is -0.394 e. The molecule has 0 aromatic heterocycles. The topological polar surface area (TPSA) is 759 Å². The Labute approximate surface area is 648 Å². The van der Waals surface area contributed by atoms with E-state index in [2.05, 4.69) is 21.3 Å². The number of carbonyl (C=O) groups is 4. The molecule has 9 aliphatic rings. The van der Waals surface area contributed by atoms with Crippen LogP contribution in [0.5, 0.6) is 0 Å². The molecule has 20 unspecified atom stereocenters. The molecular formula is C65H110N4O45. The zero-order chi connectivity index (χ0) is 84.1. The third-order valence-corrected chi connectivity index (χ3v) is 21.1. The summed E-state index contributed by atoms with van der Waals surface area (Å²) in [6, 6.07) is -6.92. The van der Waals surface area contributed by atoms with Crippen LogP contribution in [0.2, 0.25) is 0 Å². The van der Waals surface area contributed by atoms with E-state index in [1.54, 1.807) is 13.8 Å². The van der Waals surface area contributed by atoms with Gasteiger partial charge < -0.3 is 224 Å². The van der Waals surface area contributed by atoms with Crippen LogP contribution in [0, 0.1) is 5.92 Å². The second-order valence-corrected chi connectivity index (χ2v) is 29.5. The number of hydrogen-bond donors (Lipinski definition) is 28. The van der Waals surface area contributed by atoms with E-state index in [1.807, 2.05) is 0 Å². The van der Waals surface area contributed by atoms with Crippen molar-refractivity contribution < 1.29 is 222 Å². The quantitative estimate of drug-likeness (QED) is 0.0318. The monoisotopic (exact) mass is 1670 g/mol. The predicted octanol–water partition coefficient (Wildman–Crippen LogP) is -18.3. The Hall–Kier alpha value is -3.76. The first-order valence-corrected chi connectivity index (χ1v) is 36.9. The SMILES string of the molecule is CC(=O)NC1C(O)[C@H](O[C@@H]2OC(CO)[C@H](O)[C@H](O)C2O)[C@H](CO)O[C@H]1OC1[C@@H](OCC2O[C@@H](O[C@@H]3C(CO)O[C@@H](O[C@@H]4C(CO)O[C@@H](C(C)C)C(NC(C)=O)[C@H]4O)C(NC(C)=O)[C@H]3O)C(O)[C@@H](O[C@H]3OC(CO)[C@@H](O)C(O)C3O[C@@H]3OC(CO)[C@@H](O[C@@H]4OC(CO)C(O)[C@H](O)C4O)[C@H](O)C3NC(C)=O)[C@@H]2O)OC(CO)[C@@H](O)[C@@H]1O. The Bertz CT molecular complexity index is 3020. The largest absolute Gasteiger partial charge is 0.394 e. The summed E-state index contributed by atoms with van der Waals surface area (Å²) in [4.78, 5) is 51.4. The number of aliphatic hydroxyl groups is 24.